The number of carbonyl (C=O) groups is 2. The quantitative estimate of drug-likeness (QED) is 0.520. The van der Waals surface area contributed by atoms with Crippen LogP contribution in [0.2, 0.25) is 0 Å². The van der Waals surface area contributed by atoms with Gasteiger partial charge in [-0.05, 0) is 25.0 Å². The van der Waals surface area contributed by atoms with Crippen molar-refractivity contribution in [3.05, 3.63) is 46.0 Å². The molecule has 2 rings (SSSR count). The van der Waals surface area contributed by atoms with E-state index in [0.29, 0.717) is 24.9 Å². The first-order valence-corrected chi connectivity index (χ1v) is 6.92. The third kappa shape index (κ3) is 3.69. The van der Waals surface area contributed by atoms with Gasteiger partial charge in [-0.25, -0.2) is 0 Å². The van der Waals surface area contributed by atoms with Crippen molar-refractivity contribution in [1.29, 1.82) is 0 Å². The molecule has 0 radical (unpaired) electrons. The highest BCUT2D eigenvalue weighted by Gasteiger charge is 2.27. The summed E-state index contributed by atoms with van der Waals surface area (Å²) in [5.74, 6) is -1.78. The number of amides is 1. The van der Waals surface area contributed by atoms with Gasteiger partial charge in [0.1, 0.15) is 0 Å². The molecule has 22 heavy (non-hydrogen) atoms. The molecule has 1 N–H and O–H groups in total. The number of rotatable bonds is 4. The third-order valence-corrected chi connectivity index (χ3v) is 3.62. The number of nitro groups is 1. The van der Waals surface area contributed by atoms with Crippen LogP contribution >= 0.6 is 0 Å². The minimum Gasteiger partial charge on any atom is -0.481 e. The molecule has 0 spiro atoms. The summed E-state index contributed by atoms with van der Waals surface area (Å²) in [5, 5.41) is 19.9. The summed E-state index contributed by atoms with van der Waals surface area (Å²) in [6.45, 7) is 0.680. The van der Waals surface area contributed by atoms with Crippen molar-refractivity contribution in [2.45, 2.75) is 12.8 Å². The zero-order chi connectivity index (χ0) is 16.1. The van der Waals surface area contributed by atoms with Crippen molar-refractivity contribution >= 4 is 23.6 Å². The molecule has 0 unspecified atom stereocenters. The van der Waals surface area contributed by atoms with E-state index in [9.17, 15) is 19.7 Å². The molecular formula is C15H16N2O5. The van der Waals surface area contributed by atoms with Gasteiger partial charge >= 0.3 is 5.97 Å². The Balaban J connectivity index is 2.08. The Morgan fingerprint density at radius 3 is 2.77 bits per heavy atom. The highest BCUT2D eigenvalue weighted by molar-refractivity contribution is 5.92. The molecule has 0 saturated carbocycles. The van der Waals surface area contributed by atoms with E-state index in [1.54, 1.807) is 18.2 Å². The molecule has 1 atom stereocenters. The largest absolute Gasteiger partial charge is 0.481 e. The minimum atomic E-state index is -0.903. The van der Waals surface area contributed by atoms with Crippen molar-refractivity contribution < 1.29 is 19.6 Å². The van der Waals surface area contributed by atoms with Gasteiger partial charge in [0.25, 0.3) is 5.69 Å². The maximum Gasteiger partial charge on any atom is 0.308 e. The lowest BCUT2D eigenvalue weighted by molar-refractivity contribution is -0.385. The van der Waals surface area contributed by atoms with Crippen LogP contribution in [0.4, 0.5) is 5.69 Å². The summed E-state index contributed by atoms with van der Waals surface area (Å²) in [6.07, 6.45) is 3.85. The summed E-state index contributed by atoms with van der Waals surface area (Å²) >= 11 is 0. The Kier molecular flexibility index (Phi) is 4.88. The number of nitrogens with zero attached hydrogens (tertiary/aromatic N) is 2. The summed E-state index contributed by atoms with van der Waals surface area (Å²) in [6, 6.07) is 6.13. The Bertz CT molecular complexity index is 626. The molecule has 1 heterocycles. The van der Waals surface area contributed by atoms with Crippen LogP contribution in [0.15, 0.2) is 30.3 Å². The van der Waals surface area contributed by atoms with E-state index in [1.165, 1.54) is 23.1 Å². The molecule has 1 aromatic rings. The monoisotopic (exact) mass is 304 g/mol. The molecule has 116 valence electrons. The first-order valence-electron chi connectivity index (χ1n) is 6.92. The second-order valence-corrected chi connectivity index (χ2v) is 5.11. The zero-order valence-corrected chi connectivity index (χ0v) is 11.8. The average Bonchev–Trinajstić information content (AvgIpc) is 2.52. The van der Waals surface area contributed by atoms with Crippen molar-refractivity contribution in [1.82, 2.24) is 4.90 Å². The number of aliphatic carboxylic acids is 1. The fourth-order valence-corrected chi connectivity index (χ4v) is 2.44. The van der Waals surface area contributed by atoms with Crippen LogP contribution in [0.5, 0.6) is 0 Å². The first-order chi connectivity index (χ1) is 10.5. The van der Waals surface area contributed by atoms with E-state index in [0.717, 1.165) is 0 Å². The Hall–Kier alpha value is -2.70. The van der Waals surface area contributed by atoms with Gasteiger partial charge in [0.05, 0.1) is 16.4 Å². The van der Waals surface area contributed by atoms with Crippen LogP contribution in [0, 0.1) is 16.0 Å². The summed E-state index contributed by atoms with van der Waals surface area (Å²) < 4.78 is 0. The molecular weight excluding hydrogens is 288 g/mol. The third-order valence-electron chi connectivity index (χ3n) is 3.62. The second kappa shape index (κ2) is 6.84. The van der Waals surface area contributed by atoms with E-state index < -0.39 is 16.8 Å². The molecule has 7 heteroatoms. The van der Waals surface area contributed by atoms with Crippen LogP contribution in [0.3, 0.4) is 0 Å². The SMILES string of the molecule is O=C(O)[C@H]1CCCN(C(=O)/C=C/c2ccccc2[N+](=O)[O-])C1. The lowest BCUT2D eigenvalue weighted by atomic mass is 9.98. The van der Waals surface area contributed by atoms with E-state index in [-0.39, 0.29) is 18.1 Å². The fourth-order valence-electron chi connectivity index (χ4n) is 2.44. The molecule has 1 amide bonds. The summed E-state index contributed by atoms with van der Waals surface area (Å²) in [4.78, 5) is 34.9. The van der Waals surface area contributed by atoms with Crippen LogP contribution in [-0.2, 0) is 9.59 Å². The number of likely N-dealkylation sites (tertiary alicyclic amines) is 1. The van der Waals surface area contributed by atoms with Crippen molar-refractivity contribution in [3.8, 4) is 0 Å². The second-order valence-electron chi connectivity index (χ2n) is 5.11. The van der Waals surface area contributed by atoms with Crippen molar-refractivity contribution in [2.75, 3.05) is 13.1 Å². The molecule has 1 aliphatic heterocycles. The van der Waals surface area contributed by atoms with Crippen LogP contribution in [0.1, 0.15) is 18.4 Å². The normalized spacial score (nSPS) is 18.4. The maximum atomic E-state index is 12.1. The van der Waals surface area contributed by atoms with Crippen molar-refractivity contribution in [2.24, 2.45) is 5.92 Å². The van der Waals surface area contributed by atoms with Gasteiger partial charge in [0, 0.05) is 25.2 Å². The van der Waals surface area contributed by atoms with Gasteiger partial charge in [-0.3, -0.25) is 19.7 Å². The molecule has 0 aliphatic carbocycles. The fraction of sp³-hybridized carbons (Fsp3) is 0.333. The van der Waals surface area contributed by atoms with Crippen LogP contribution < -0.4 is 0 Å². The minimum absolute atomic E-state index is 0.0754. The highest BCUT2D eigenvalue weighted by atomic mass is 16.6. The molecule has 0 aromatic heterocycles. The number of carboxylic acids is 1. The zero-order valence-electron chi connectivity index (χ0n) is 11.8. The standard InChI is InChI=1S/C15H16N2O5/c18-14(16-9-3-5-12(10-16)15(19)20)8-7-11-4-1-2-6-13(11)17(21)22/h1-2,4,6-8,12H,3,5,9-10H2,(H,19,20)/b8-7+/t12-/m0/s1. The molecule has 1 saturated heterocycles. The number of para-hydroxylation sites is 1. The smallest absolute Gasteiger partial charge is 0.308 e. The first kappa shape index (κ1) is 15.7. The number of carboxylic acid groups (broad SMARTS) is 1. The van der Waals surface area contributed by atoms with Crippen molar-refractivity contribution in [3.63, 3.8) is 0 Å². The molecule has 1 fully saturated rings. The Morgan fingerprint density at radius 1 is 1.36 bits per heavy atom. The lowest BCUT2D eigenvalue weighted by Gasteiger charge is -2.29. The number of hydrogen-bond acceptors (Lipinski definition) is 4. The number of nitro benzene ring substituents is 1. The molecule has 1 aromatic carbocycles. The number of benzene rings is 1. The van der Waals surface area contributed by atoms with Gasteiger partial charge in [-0.1, -0.05) is 12.1 Å². The van der Waals surface area contributed by atoms with Gasteiger partial charge < -0.3 is 10.0 Å². The average molecular weight is 304 g/mol. The van der Waals surface area contributed by atoms with E-state index >= 15 is 0 Å². The van der Waals surface area contributed by atoms with E-state index in [4.69, 9.17) is 5.11 Å². The molecule has 0 bridgehead atoms. The number of hydrogen-bond donors (Lipinski definition) is 1. The lowest BCUT2D eigenvalue weighted by Crippen LogP contribution is -2.41. The molecule has 7 nitrogen and oxygen atoms in total. The summed E-state index contributed by atoms with van der Waals surface area (Å²) in [5.41, 5.74) is 0.265. The highest BCUT2D eigenvalue weighted by Crippen LogP contribution is 2.20. The van der Waals surface area contributed by atoms with E-state index in [1.807, 2.05) is 0 Å². The number of piperidine rings is 1. The van der Waals surface area contributed by atoms with Gasteiger partial charge in [0.2, 0.25) is 5.91 Å². The predicted octanol–water partition coefficient (Wildman–Crippen LogP) is 1.93. The van der Waals surface area contributed by atoms with Gasteiger partial charge in [-0.2, -0.15) is 0 Å². The Morgan fingerprint density at radius 2 is 2.09 bits per heavy atom. The summed E-state index contributed by atoms with van der Waals surface area (Å²) in [7, 11) is 0. The van der Waals surface area contributed by atoms with E-state index in [2.05, 4.69) is 0 Å². The predicted molar refractivity (Wildman–Crippen MR) is 79.1 cm³/mol. The topological polar surface area (TPSA) is 101 Å². The Labute approximate surface area is 127 Å². The maximum absolute atomic E-state index is 12.1. The van der Waals surface area contributed by atoms with Gasteiger partial charge in [-0.15, -0.1) is 0 Å². The van der Waals surface area contributed by atoms with Crippen LogP contribution in [-0.4, -0.2) is 39.9 Å². The molecule has 1 aliphatic rings. The number of carbonyl (C=O) groups excluding carboxylic acids is 1. The van der Waals surface area contributed by atoms with Crippen LogP contribution in [0.25, 0.3) is 6.08 Å². The van der Waals surface area contributed by atoms with Gasteiger partial charge in [0.15, 0.2) is 0 Å².